The molecule has 0 aliphatic rings. The Morgan fingerprint density at radius 3 is 2.48 bits per heavy atom. The Morgan fingerprint density at radius 2 is 1.83 bits per heavy atom. The van der Waals surface area contributed by atoms with Gasteiger partial charge in [-0.25, -0.2) is 4.39 Å². The molecule has 0 aliphatic heterocycles. The molecule has 0 fully saturated rings. The normalized spacial score (nSPS) is 11.0. The lowest BCUT2D eigenvalue weighted by Crippen LogP contribution is -2.37. The third-order valence-electron chi connectivity index (χ3n) is 3.20. The average Bonchev–Trinajstić information content (AvgIpc) is 3.05. The molecule has 2 N–H and O–H groups in total. The van der Waals surface area contributed by atoms with E-state index in [2.05, 4.69) is 25.8 Å². The van der Waals surface area contributed by atoms with E-state index in [1.165, 1.54) is 12.1 Å². The first-order chi connectivity index (χ1) is 10.8. The van der Waals surface area contributed by atoms with Crippen LogP contribution >= 0.6 is 24.0 Å². The molecule has 126 valence electrons. The molecule has 0 amide bonds. The van der Waals surface area contributed by atoms with Crippen molar-refractivity contribution in [3.8, 4) is 0 Å². The highest BCUT2D eigenvalue weighted by molar-refractivity contribution is 14.0. The fourth-order valence-corrected chi connectivity index (χ4v) is 1.97. The summed E-state index contributed by atoms with van der Waals surface area (Å²) in [6.07, 6.45) is 5.50. The first kappa shape index (κ1) is 19.3. The van der Waals surface area contributed by atoms with Gasteiger partial charge in [0, 0.05) is 26.7 Å². The van der Waals surface area contributed by atoms with E-state index in [4.69, 9.17) is 0 Å². The van der Waals surface area contributed by atoms with Crippen LogP contribution in [0.2, 0.25) is 0 Å². The summed E-state index contributed by atoms with van der Waals surface area (Å²) in [7, 11) is 1.73. The number of nitrogens with zero attached hydrogens (tertiary/aromatic N) is 4. The lowest BCUT2D eigenvalue weighted by atomic mass is 10.2. The van der Waals surface area contributed by atoms with Crippen LogP contribution in [0.25, 0.3) is 0 Å². The lowest BCUT2D eigenvalue weighted by Gasteiger charge is -2.12. The van der Waals surface area contributed by atoms with Gasteiger partial charge in [0.05, 0.1) is 0 Å². The predicted octanol–water partition coefficient (Wildman–Crippen LogP) is 2.18. The van der Waals surface area contributed by atoms with Crippen molar-refractivity contribution >= 4 is 29.9 Å². The largest absolute Gasteiger partial charge is 0.356 e. The van der Waals surface area contributed by atoms with Crippen molar-refractivity contribution < 1.29 is 4.39 Å². The third kappa shape index (κ3) is 7.40. The number of halogens is 2. The molecule has 2 aromatic rings. The zero-order valence-corrected chi connectivity index (χ0v) is 15.4. The molecular formula is C15H22FIN6. The minimum atomic E-state index is -0.223. The van der Waals surface area contributed by atoms with Gasteiger partial charge < -0.3 is 15.2 Å². The van der Waals surface area contributed by atoms with Crippen molar-refractivity contribution in [3.05, 3.63) is 48.3 Å². The minimum absolute atomic E-state index is 0. The van der Waals surface area contributed by atoms with E-state index in [0.29, 0.717) is 6.54 Å². The molecule has 8 heteroatoms. The fraction of sp³-hybridized carbons (Fsp3) is 0.400. The molecule has 2 rings (SSSR count). The number of guanidine groups is 1. The Kier molecular flexibility index (Phi) is 9.18. The first-order valence-corrected chi connectivity index (χ1v) is 7.29. The summed E-state index contributed by atoms with van der Waals surface area (Å²) in [5.41, 5.74) is 1.01. The molecular weight excluding hydrogens is 410 g/mol. The van der Waals surface area contributed by atoms with Gasteiger partial charge in [-0.3, -0.25) is 4.99 Å². The van der Waals surface area contributed by atoms with Crippen LogP contribution in [0.3, 0.4) is 0 Å². The molecule has 0 spiro atoms. The van der Waals surface area contributed by atoms with Crippen molar-refractivity contribution in [2.45, 2.75) is 25.9 Å². The second kappa shape index (κ2) is 10.9. The van der Waals surface area contributed by atoms with Crippen LogP contribution in [0.1, 0.15) is 18.4 Å². The number of aromatic nitrogens is 3. The number of rotatable bonds is 7. The second-order valence-electron chi connectivity index (χ2n) is 4.89. The van der Waals surface area contributed by atoms with Gasteiger partial charge in [0.25, 0.3) is 0 Å². The van der Waals surface area contributed by atoms with Crippen molar-refractivity contribution in [1.29, 1.82) is 0 Å². The van der Waals surface area contributed by atoms with Crippen LogP contribution in [0.5, 0.6) is 0 Å². The zero-order chi connectivity index (χ0) is 15.6. The van der Waals surface area contributed by atoms with E-state index in [1.54, 1.807) is 31.8 Å². The standard InChI is InChI=1S/C15H21FN6.HI/c1-17-15(19-10-13-4-6-14(16)7-5-13)18-8-2-3-9-22-11-20-21-12-22;/h4-7,11-12H,2-3,8-10H2,1H3,(H2,17,18,19);1H. The van der Waals surface area contributed by atoms with E-state index in [-0.39, 0.29) is 29.8 Å². The number of unbranched alkanes of at least 4 members (excludes halogenated alkanes) is 1. The van der Waals surface area contributed by atoms with Crippen LogP contribution in [-0.2, 0) is 13.1 Å². The number of hydrogen-bond acceptors (Lipinski definition) is 3. The number of aliphatic imine (C=N–C) groups is 1. The van der Waals surface area contributed by atoms with E-state index >= 15 is 0 Å². The van der Waals surface area contributed by atoms with Crippen molar-refractivity contribution in [2.75, 3.05) is 13.6 Å². The molecule has 0 bridgehead atoms. The first-order valence-electron chi connectivity index (χ1n) is 7.29. The molecule has 0 unspecified atom stereocenters. The van der Waals surface area contributed by atoms with E-state index in [0.717, 1.165) is 37.5 Å². The number of aryl methyl sites for hydroxylation is 1. The topological polar surface area (TPSA) is 67.1 Å². The van der Waals surface area contributed by atoms with Crippen molar-refractivity contribution in [3.63, 3.8) is 0 Å². The smallest absolute Gasteiger partial charge is 0.191 e. The zero-order valence-electron chi connectivity index (χ0n) is 13.1. The molecule has 0 atom stereocenters. The SMILES string of the molecule is CN=C(NCCCCn1cnnc1)NCc1ccc(F)cc1.I. The quantitative estimate of drug-likeness (QED) is 0.305. The maximum Gasteiger partial charge on any atom is 0.191 e. The predicted molar refractivity (Wildman–Crippen MR) is 99.3 cm³/mol. The Balaban J connectivity index is 0.00000264. The molecule has 1 heterocycles. The van der Waals surface area contributed by atoms with Gasteiger partial charge in [-0.15, -0.1) is 34.2 Å². The van der Waals surface area contributed by atoms with E-state index in [1.807, 2.05) is 4.57 Å². The number of nitrogens with one attached hydrogen (secondary N) is 2. The highest BCUT2D eigenvalue weighted by atomic mass is 127. The van der Waals surface area contributed by atoms with E-state index in [9.17, 15) is 4.39 Å². The lowest BCUT2D eigenvalue weighted by molar-refractivity contribution is 0.597. The summed E-state index contributed by atoms with van der Waals surface area (Å²) >= 11 is 0. The summed E-state index contributed by atoms with van der Waals surface area (Å²) in [5.74, 6) is 0.521. The van der Waals surface area contributed by atoms with Crippen LogP contribution in [0, 0.1) is 5.82 Å². The Morgan fingerprint density at radius 1 is 1.13 bits per heavy atom. The molecule has 0 saturated carbocycles. The fourth-order valence-electron chi connectivity index (χ4n) is 1.97. The monoisotopic (exact) mass is 432 g/mol. The summed E-state index contributed by atoms with van der Waals surface area (Å²) in [4.78, 5) is 4.16. The van der Waals surface area contributed by atoms with Crippen LogP contribution < -0.4 is 10.6 Å². The molecule has 1 aromatic heterocycles. The summed E-state index contributed by atoms with van der Waals surface area (Å²) in [5, 5.41) is 14.0. The molecule has 1 aromatic carbocycles. The van der Waals surface area contributed by atoms with Gasteiger partial charge in [0.15, 0.2) is 5.96 Å². The van der Waals surface area contributed by atoms with Gasteiger partial charge in [0.2, 0.25) is 0 Å². The van der Waals surface area contributed by atoms with E-state index < -0.39 is 0 Å². The Bertz CT molecular complexity index is 570. The summed E-state index contributed by atoms with van der Waals surface area (Å²) in [6.45, 7) is 2.36. The van der Waals surface area contributed by atoms with Gasteiger partial charge >= 0.3 is 0 Å². The van der Waals surface area contributed by atoms with Crippen LogP contribution in [-0.4, -0.2) is 34.3 Å². The Hall–Kier alpha value is -1.71. The van der Waals surface area contributed by atoms with Crippen LogP contribution in [0.4, 0.5) is 4.39 Å². The van der Waals surface area contributed by atoms with Crippen molar-refractivity contribution in [1.82, 2.24) is 25.4 Å². The molecule has 0 saturated heterocycles. The summed E-state index contributed by atoms with van der Waals surface area (Å²) < 4.78 is 14.8. The minimum Gasteiger partial charge on any atom is -0.356 e. The molecule has 0 radical (unpaired) electrons. The molecule has 6 nitrogen and oxygen atoms in total. The van der Waals surface area contributed by atoms with Gasteiger partial charge in [0.1, 0.15) is 18.5 Å². The number of hydrogen-bond donors (Lipinski definition) is 2. The summed E-state index contributed by atoms with van der Waals surface area (Å²) in [6, 6.07) is 6.43. The second-order valence-corrected chi connectivity index (χ2v) is 4.89. The highest BCUT2D eigenvalue weighted by Gasteiger charge is 1.99. The molecule has 23 heavy (non-hydrogen) atoms. The highest BCUT2D eigenvalue weighted by Crippen LogP contribution is 2.01. The van der Waals surface area contributed by atoms with Gasteiger partial charge in [-0.1, -0.05) is 12.1 Å². The average molecular weight is 432 g/mol. The van der Waals surface area contributed by atoms with Crippen molar-refractivity contribution in [2.24, 2.45) is 4.99 Å². The maximum absolute atomic E-state index is 12.8. The third-order valence-corrected chi connectivity index (χ3v) is 3.20. The van der Waals surface area contributed by atoms with Crippen LogP contribution in [0.15, 0.2) is 41.9 Å². The van der Waals surface area contributed by atoms with Gasteiger partial charge in [-0.05, 0) is 30.5 Å². The molecule has 0 aliphatic carbocycles. The number of benzene rings is 1. The Labute approximate surface area is 152 Å². The van der Waals surface area contributed by atoms with Gasteiger partial charge in [-0.2, -0.15) is 0 Å². The maximum atomic E-state index is 12.8.